The van der Waals surface area contributed by atoms with Crippen molar-refractivity contribution in [2.45, 2.75) is 19.3 Å². The molecule has 2 heteroatoms. The molecule has 0 atom stereocenters. The number of anilines is 3. The third-order valence-corrected chi connectivity index (χ3v) is 8.84. The van der Waals surface area contributed by atoms with Gasteiger partial charge in [0.05, 0.1) is 5.69 Å². The van der Waals surface area contributed by atoms with Gasteiger partial charge in [-0.05, 0) is 91.6 Å². The number of fused-ring (bicyclic) bond motifs is 10. The molecule has 1 nitrogen and oxygen atoms in total. The van der Waals surface area contributed by atoms with Crippen LogP contribution in [-0.4, -0.2) is 0 Å². The van der Waals surface area contributed by atoms with Gasteiger partial charge in [0.1, 0.15) is 5.82 Å². The normalized spacial score (nSPS) is 13.4. The molecule has 0 unspecified atom stereocenters. The lowest BCUT2D eigenvalue weighted by Gasteiger charge is -2.30. The first-order valence-electron chi connectivity index (χ1n) is 14.2. The summed E-state index contributed by atoms with van der Waals surface area (Å²) in [5, 5.41) is 7.59. The molecule has 0 bridgehead atoms. The minimum atomic E-state index is -0.240. The number of halogens is 1. The van der Waals surface area contributed by atoms with Gasteiger partial charge < -0.3 is 4.90 Å². The summed E-state index contributed by atoms with van der Waals surface area (Å²) in [4.78, 5) is 2.26. The molecular formula is C39H28FN. The molecule has 41 heavy (non-hydrogen) atoms. The molecule has 0 spiro atoms. The topological polar surface area (TPSA) is 3.24 Å². The zero-order valence-corrected chi connectivity index (χ0v) is 23.0. The van der Waals surface area contributed by atoms with Crippen LogP contribution in [0.5, 0.6) is 0 Å². The van der Waals surface area contributed by atoms with E-state index in [2.05, 4.69) is 122 Å². The standard InChI is InChI=1S/C39H28FN/c1-39(2)34-24-35(41(26-12-4-3-5-13-26)27-22-20-25(40)21-23-27)30-16-8-10-18-32(30)36(34)37-31-17-9-6-14-28(31)29-15-7-11-19-33(29)38(37)39/h3-24H,1-2H3. The lowest BCUT2D eigenvalue weighted by atomic mass is 9.79. The van der Waals surface area contributed by atoms with Gasteiger partial charge in [-0.15, -0.1) is 0 Å². The molecule has 0 N–H and O–H groups in total. The average molecular weight is 530 g/mol. The Balaban J connectivity index is 1.52. The van der Waals surface area contributed by atoms with E-state index in [9.17, 15) is 4.39 Å². The molecule has 0 saturated heterocycles. The van der Waals surface area contributed by atoms with Crippen molar-refractivity contribution in [2.75, 3.05) is 4.90 Å². The lowest BCUT2D eigenvalue weighted by molar-refractivity contribution is 0.628. The fraction of sp³-hybridized carbons (Fsp3) is 0.0769. The van der Waals surface area contributed by atoms with E-state index in [4.69, 9.17) is 0 Å². The highest BCUT2D eigenvalue weighted by molar-refractivity contribution is 6.22. The van der Waals surface area contributed by atoms with Gasteiger partial charge in [0, 0.05) is 22.2 Å². The maximum absolute atomic E-state index is 14.1. The van der Waals surface area contributed by atoms with E-state index in [1.165, 1.54) is 54.6 Å². The molecule has 0 aromatic heterocycles. The van der Waals surface area contributed by atoms with Crippen LogP contribution < -0.4 is 4.90 Å². The van der Waals surface area contributed by atoms with Crippen molar-refractivity contribution in [1.29, 1.82) is 0 Å². The summed E-state index contributed by atoms with van der Waals surface area (Å²) in [5.74, 6) is -0.240. The van der Waals surface area contributed by atoms with Crippen LogP contribution >= 0.6 is 0 Å². The maximum atomic E-state index is 14.1. The van der Waals surface area contributed by atoms with Crippen molar-refractivity contribution in [1.82, 2.24) is 0 Å². The maximum Gasteiger partial charge on any atom is 0.123 e. The Kier molecular flexibility index (Phi) is 5.11. The second-order valence-corrected chi connectivity index (χ2v) is 11.5. The SMILES string of the molecule is CC1(C)c2cc(N(c3ccccc3)c3ccc(F)cc3)c3ccccc3c2-c2c1c1ccccc1c1ccccc21. The van der Waals surface area contributed by atoms with Crippen molar-refractivity contribution >= 4 is 49.4 Å². The van der Waals surface area contributed by atoms with Crippen molar-refractivity contribution in [3.05, 3.63) is 150 Å². The Morgan fingerprint density at radius 3 is 1.63 bits per heavy atom. The number of rotatable bonds is 3. The summed E-state index contributed by atoms with van der Waals surface area (Å²) in [6.07, 6.45) is 0. The zero-order chi connectivity index (χ0) is 27.7. The van der Waals surface area contributed by atoms with E-state index in [1.54, 1.807) is 12.1 Å². The quantitative estimate of drug-likeness (QED) is 0.206. The number of hydrogen-bond acceptors (Lipinski definition) is 1. The average Bonchev–Trinajstić information content (AvgIpc) is 3.26. The van der Waals surface area contributed by atoms with Gasteiger partial charge in [-0.2, -0.15) is 0 Å². The molecule has 0 saturated carbocycles. The number of hydrogen-bond donors (Lipinski definition) is 0. The lowest BCUT2D eigenvalue weighted by Crippen LogP contribution is -2.17. The van der Waals surface area contributed by atoms with Gasteiger partial charge in [0.25, 0.3) is 0 Å². The van der Waals surface area contributed by atoms with Crippen LogP contribution in [0.4, 0.5) is 21.5 Å². The first kappa shape index (κ1) is 23.9. The largest absolute Gasteiger partial charge is 0.310 e. The third kappa shape index (κ3) is 3.40. The van der Waals surface area contributed by atoms with Gasteiger partial charge >= 0.3 is 0 Å². The van der Waals surface area contributed by atoms with E-state index in [1.807, 2.05) is 18.2 Å². The highest BCUT2D eigenvalue weighted by atomic mass is 19.1. The van der Waals surface area contributed by atoms with Crippen LogP contribution in [0.1, 0.15) is 25.0 Å². The number of nitrogens with zero attached hydrogens (tertiary/aromatic N) is 1. The Morgan fingerprint density at radius 2 is 0.976 bits per heavy atom. The summed E-state index contributed by atoms with van der Waals surface area (Å²) in [5.41, 5.74) is 8.17. The Hall–Kier alpha value is -4.95. The zero-order valence-electron chi connectivity index (χ0n) is 23.0. The Bertz CT molecular complexity index is 2120. The first-order chi connectivity index (χ1) is 20.0. The van der Waals surface area contributed by atoms with E-state index < -0.39 is 0 Å². The summed E-state index contributed by atoms with van der Waals surface area (Å²) < 4.78 is 14.1. The molecule has 0 amide bonds. The number of benzene rings is 7. The second kappa shape index (κ2) is 8.78. The molecule has 7 aromatic carbocycles. The van der Waals surface area contributed by atoms with Crippen LogP contribution in [0.25, 0.3) is 43.4 Å². The summed E-state index contributed by atoms with van der Waals surface area (Å²) in [6, 6.07) is 46.0. The van der Waals surface area contributed by atoms with Gasteiger partial charge in [-0.3, -0.25) is 0 Å². The van der Waals surface area contributed by atoms with E-state index in [-0.39, 0.29) is 11.2 Å². The smallest absolute Gasteiger partial charge is 0.123 e. The Labute approximate surface area is 239 Å². The predicted molar refractivity (Wildman–Crippen MR) is 171 cm³/mol. The molecule has 0 aliphatic heterocycles. The second-order valence-electron chi connectivity index (χ2n) is 11.5. The molecule has 196 valence electrons. The van der Waals surface area contributed by atoms with Crippen molar-refractivity contribution in [3.8, 4) is 11.1 Å². The first-order valence-corrected chi connectivity index (χ1v) is 14.2. The molecule has 0 heterocycles. The van der Waals surface area contributed by atoms with Gasteiger partial charge in [-0.1, -0.05) is 105 Å². The van der Waals surface area contributed by atoms with Gasteiger partial charge in [0.15, 0.2) is 0 Å². The molecule has 1 aliphatic rings. The Morgan fingerprint density at radius 1 is 0.488 bits per heavy atom. The fourth-order valence-corrected chi connectivity index (χ4v) is 7.08. The van der Waals surface area contributed by atoms with Crippen LogP contribution in [0.3, 0.4) is 0 Å². The molecular weight excluding hydrogens is 501 g/mol. The van der Waals surface area contributed by atoms with Crippen LogP contribution in [-0.2, 0) is 5.41 Å². The molecule has 0 radical (unpaired) electrons. The van der Waals surface area contributed by atoms with Crippen molar-refractivity contribution in [3.63, 3.8) is 0 Å². The minimum absolute atomic E-state index is 0.238. The summed E-state index contributed by atoms with van der Waals surface area (Å²) >= 11 is 0. The van der Waals surface area contributed by atoms with Gasteiger partial charge in [0.2, 0.25) is 0 Å². The van der Waals surface area contributed by atoms with E-state index in [0.717, 1.165) is 17.1 Å². The van der Waals surface area contributed by atoms with E-state index >= 15 is 0 Å². The van der Waals surface area contributed by atoms with Crippen molar-refractivity contribution in [2.24, 2.45) is 0 Å². The van der Waals surface area contributed by atoms with Crippen molar-refractivity contribution < 1.29 is 4.39 Å². The predicted octanol–water partition coefficient (Wildman–Crippen LogP) is 11.1. The highest BCUT2D eigenvalue weighted by Crippen LogP contribution is 2.58. The van der Waals surface area contributed by atoms with Crippen LogP contribution in [0.2, 0.25) is 0 Å². The third-order valence-electron chi connectivity index (χ3n) is 8.84. The van der Waals surface area contributed by atoms with Crippen LogP contribution in [0.15, 0.2) is 133 Å². The van der Waals surface area contributed by atoms with E-state index in [0.29, 0.717) is 0 Å². The monoisotopic (exact) mass is 529 g/mol. The van der Waals surface area contributed by atoms with Gasteiger partial charge in [-0.25, -0.2) is 4.39 Å². The highest BCUT2D eigenvalue weighted by Gasteiger charge is 2.40. The minimum Gasteiger partial charge on any atom is -0.310 e. The molecule has 8 rings (SSSR count). The fourth-order valence-electron chi connectivity index (χ4n) is 7.08. The number of para-hydroxylation sites is 1. The summed E-state index contributed by atoms with van der Waals surface area (Å²) in [7, 11) is 0. The summed E-state index contributed by atoms with van der Waals surface area (Å²) in [6.45, 7) is 4.73. The van der Waals surface area contributed by atoms with Crippen LogP contribution in [0, 0.1) is 5.82 Å². The molecule has 1 aliphatic carbocycles. The molecule has 7 aromatic rings. The molecule has 0 fully saturated rings.